The predicted octanol–water partition coefficient (Wildman–Crippen LogP) is 5.95. The van der Waals surface area contributed by atoms with Crippen LogP contribution in [0.4, 0.5) is 11.5 Å². The normalized spacial score (nSPS) is 12.2. The zero-order valence-electron chi connectivity index (χ0n) is 22.3. The number of aromatic nitrogens is 3. The van der Waals surface area contributed by atoms with E-state index in [0.29, 0.717) is 0 Å². The average Bonchev–Trinajstić information content (AvgIpc) is 3.57. The summed E-state index contributed by atoms with van der Waals surface area (Å²) in [6.45, 7) is 12.8. The number of nitrogens with one attached hydrogen (secondary N) is 1. The molecule has 7 nitrogen and oxygen atoms in total. The summed E-state index contributed by atoms with van der Waals surface area (Å²) in [6, 6.07) is 22.8. The molecule has 194 valence electrons. The van der Waals surface area contributed by atoms with Crippen molar-refractivity contribution in [2.24, 2.45) is 0 Å². The third-order valence-corrected chi connectivity index (χ3v) is 5.79. The molecule has 2 aromatic carbocycles. The second-order valence-corrected chi connectivity index (χ2v) is 8.85. The molecular formula is C30H37N5O2. The van der Waals surface area contributed by atoms with Gasteiger partial charge in [0.2, 0.25) is 0 Å². The number of carbonyl (C=O) groups excluding carboxylic acids is 2. The Morgan fingerprint density at radius 3 is 2.08 bits per heavy atom. The van der Waals surface area contributed by atoms with Gasteiger partial charge in [-0.05, 0) is 102 Å². The van der Waals surface area contributed by atoms with Gasteiger partial charge in [0.05, 0.1) is 17.1 Å². The molecule has 0 saturated carbocycles. The van der Waals surface area contributed by atoms with Crippen molar-refractivity contribution in [2.45, 2.75) is 33.6 Å². The highest BCUT2D eigenvalue weighted by molar-refractivity contribution is 5.68. The number of carbonyl (C=O) groups is 2. The Kier molecular flexibility index (Phi) is 11.9. The summed E-state index contributed by atoms with van der Waals surface area (Å²) in [5, 5.41) is 8.07. The number of nitrogens with zero attached hydrogens (tertiary/aromatic N) is 4. The van der Waals surface area contributed by atoms with Crippen molar-refractivity contribution < 1.29 is 9.59 Å². The fourth-order valence-corrected chi connectivity index (χ4v) is 3.98. The summed E-state index contributed by atoms with van der Waals surface area (Å²) in [5.41, 5.74) is 7.63. The lowest BCUT2D eigenvalue weighted by Crippen LogP contribution is -2.10. The second kappa shape index (κ2) is 15.1. The molecule has 5 rings (SSSR count). The molecule has 7 heteroatoms. The first-order valence-corrected chi connectivity index (χ1v) is 12.2. The van der Waals surface area contributed by atoms with E-state index in [1.807, 2.05) is 37.4 Å². The van der Waals surface area contributed by atoms with Crippen molar-refractivity contribution in [3.63, 3.8) is 0 Å². The van der Waals surface area contributed by atoms with Crippen LogP contribution in [0.2, 0.25) is 0 Å². The Hall–Kier alpha value is -4.10. The van der Waals surface area contributed by atoms with Gasteiger partial charge in [0, 0.05) is 17.4 Å². The van der Waals surface area contributed by atoms with Crippen molar-refractivity contribution in [3.8, 4) is 16.9 Å². The van der Waals surface area contributed by atoms with E-state index in [0.717, 1.165) is 34.1 Å². The molecule has 0 amide bonds. The van der Waals surface area contributed by atoms with E-state index in [1.165, 1.54) is 37.1 Å². The molecule has 1 saturated heterocycles. The van der Waals surface area contributed by atoms with Gasteiger partial charge in [-0.15, -0.1) is 0 Å². The Bertz CT molecular complexity index is 1230. The van der Waals surface area contributed by atoms with E-state index in [2.05, 4.69) is 96.8 Å². The van der Waals surface area contributed by atoms with E-state index in [1.54, 1.807) is 0 Å². The summed E-state index contributed by atoms with van der Waals surface area (Å²) in [4.78, 5) is 22.8. The molecule has 1 N–H and O–H groups in total. The van der Waals surface area contributed by atoms with Crippen LogP contribution in [0.5, 0.6) is 0 Å². The van der Waals surface area contributed by atoms with Crippen LogP contribution in [0.15, 0.2) is 72.9 Å². The molecule has 1 fully saturated rings. The van der Waals surface area contributed by atoms with Crippen LogP contribution >= 0.6 is 0 Å². The number of benzene rings is 2. The summed E-state index contributed by atoms with van der Waals surface area (Å²) in [6.07, 6.45) is 4.65. The van der Waals surface area contributed by atoms with Crippen molar-refractivity contribution in [1.82, 2.24) is 19.7 Å². The zero-order chi connectivity index (χ0) is 27.2. The average molecular weight is 500 g/mol. The minimum Gasteiger partial charge on any atom is -0.340 e. The Morgan fingerprint density at radius 1 is 0.811 bits per heavy atom. The van der Waals surface area contributed by atoms with Crippen molar-refractivity contribution in [1.29, 1.82) is 0 Å². The van der Waals surface area contributed by atoms with Crippen LogP contribution in [0.25, 0.3) is 16.9 Å². The highest BCUT2D eigenvalue weighted by atomic mass is 16.1. The van der Waals surface area contributed by atoms with Gasteiger partial charge in [-0.25, -0.2) is 9.67 Å². The van der Waals surface area contributed by atoms with E-state index >= 15 is 0 Å². The maximum atomic E-state index is 8.00. The maximum Gasteiger partial charge on any atom is 0.130 e. The van der Waals surface area contributed by atoms with E-state index in [-0.39, 0.29) is 0 Å². The standard InChI is InChI=1S/C23H22N4.C5H11N.2CH2O/c1-16-7-9-20(10-8-16)25-23-15-19(11-12-24-23)22-14-18(3)26-27(22)21-6-4-5-17(2)13-21;1-6-4-2-3-5-6;2*1-2/h4-15H,1-3H3,(H,24,25);2-5H2,1H3;2*1H2. The lowest BCUT2D eigenvalue weighted by Gasteiger charge is -2.10. The minimum atomic E-state index is 0.811. The molecule has 0 spiro atoms. The minimum absolute atomic E-state index is 0.811. The first-order chi connectivity index (χ1) is 18.0. The number of hydrogen-bond acceptors (Lipinski definition) is 6. The van der Waals surface area contributed by atoms with Gasteiger partial charge in [0.15, 0.2) is 0 Å². The second-order valence-electron chi connectivity index (χ2n) is 8.85. The van der Waals surface area contributed by atoms with Crippen LogP contribution in [-0.4, -0.2) is 53.4 Å². The number of pyridine rings is 1. The first-order valence-electron chi connectivity index (χ1n) is 12.2. The number of rotatable bonds is 4. The van der Waals surface area contributed by atoms with Crippen LogP contribution in [0.3, 0.4) is 0 Å². The Balaban J connectivity index is 0.000000412. The predicted molar refractivity (Wildman–Crippen MR) is 152 cm³/mol. The third-order valence-electron chi connectivity index (χ3n) is 5.79. The molecule has 4 aromatic rings. The fourth-order valence-electron chi connectivity index (χ4n) is 3.98. The van der Waals surface area contributed by atoms with Gasteiger partial charge < -0.3 is 19.8 Å². The van der Waals surface area contributed by atoms with Crippen LogP contribution in [0, 0.1) is 20.8 Å². The summed E-state index contributed by atoms with van der Waals surface area (Å²) in [7, 11) is 2.17. The SMILES string of the molecule is C=O.C=O.CN1CCCC1.Cc1ccc(Nc2cc(-c3cc(C)nn3-c3cccc(C)c3)ccn2)cc1. The van der Waals surface area contributed by atoms with Gasteiger partial charge in [-0.1, -0.05) is 29.8 Å². The fraction of sp³-hybridized carbons (Fsp3) is 0.267. The molecule has 1 aliphatic rings. The molecule has 3 heterocycles. The lowest BCUT2D eigenvalue weighted by atomic mass is 10.1. The number of likely N-dealkylation sites (tertiary alicyclic amines) is 1. The van der Waals surface area contributed by atoms with Crippen LogP contribution in [0.1, 0.15) is 29.7 Å². The van der Waals surface area contributed by atoms with Crippen molar-refractivity contribution in [2.75, 3.05) is 25.5 Å². The van der Waals surface area contributed by atoms with E-state index < -0.39 is 0 Å². The molecule has 0 bridgehead atoms. The molecule has 0 radical (unpaired) electrons. The summed E-state index contributed by atoms with van der Waals surface area (Å²) < 4.78 is 1.99. The molecule has 2 aromatic heterocycles. The highest BCUT2D eigenvalue weighted by Crippen LogP contribution is 2.26. The van der Waals surface area contributed by atoms with Gasteiger partial charge in [-0.2, -0.15) is 5.10 Å². The monoisotopic (exact) mass is 499 g/mol. The van der Waals surface area contributed by atoms with Gasteiger partial charge in [0.1, 0.15) is 19.4 Å². The quantitative estimate of drug-likeness (QED) is 0.374. The van der Waals surface area contributed by atoms with Crippen molar-refractivity contribution >= 4 is 25.1 Å². The Morgan fingerprint density at radius 2 is 1.49 bits per heavy atom. The van der Waals surface area contributed by atoms with Crippen molar-refractivity contribution in [3.05, 3.63) is 89.7 Å². The first kappa shape index (κ1) is 29.1. The van der Waals surface area contributed by atoms with E-state index in [4.69, 9.17) is 14.7 Å². The zero-order valence-corrected chi connectivity index (χ0v) is 22.3. The third kappa shape index (κ3) is 8.81. The Labute approximate surface area is 220 Å². The molecule has 0 aliphatic carbocycles. The molecule has 0 atom stereocenters. The van der Waals surface area contributed by atoms with Crippen LogP contribution in [-0.2, 0) is 9.59 Å². The van der Waals surface area contributed by atoms with Gasteiger partial charge >= 0.3 is 0 Å². The number of hydrogen-bond donors (Lipinski definition) is 1. The summed E-state index contributed by atoms with van der Waals surface area (Å²) >= 11 is 0. The topological polar surface area (TPSA) is 80.1 Å². The summed E-state index contributed by atoms with van der Waals surface area (Å²) in [5.74, 6) is 0.811. The number of anilines is 2. The molecule has 1 aliphatic heterocycles. The molecule has 0 unspecified atom stereocenters. The largest absolute Gasteiger partial charge is 0.340 e. The molecular weight excluding hydrogens is 462 g/mol. The van der Waals surface area contributed by atoms with Crippen LogP contribution < -0.4 is 5.32 Å². The smallest absolute Gasteiger partial charge is 0.130 e. The number of aryl methyl sites for hydroxylation is 3. The molecule has 37 heavy (non-hydrogen) atoms. The lowest BCUT2D eigenvalue weighted by molar-refractivity contribution is -0.0987. The van der Waals surface area contributed by atoms with Gasteiger partial charge in [0.25, 0.3) is 0 Å². The maximum absolute atomic E-state index is 8.00. The van der Waals surface area contributed by atoms with E-state index in [9.17, 15) is 0 Å². The highest BCUT2D eigenvalue weighted by Gasteiger charge is 2.11. The van der Waals surface area contributed by atoms with Gasteiger partial charge in [-0.3, -0.25) is 0 Å².